The molecule has 26 heavy (non-hydrogen) atoms. The molecular weight excluding hydrogens is 358 g/mol. The maximum atomic E-state index is 10.6. The lowest BCUT2D eigenvalue weighted by atomic mass is 10.3. The summed E-state index contributed by atoms with van der Waals surface area (Å²) in [5.41, 5.74) is 1.12. The smallest absolute Gasteiger partial charge is 0.359 e. The van der Waals surface area contributed by atoms with Crippen molar-refractivity contribution in [2.24, 2.45) is 0 Å². The minimum Gasteiger partial charge on any atom is -0.477 e. The van der Waals surface area contributed by atoms with Gasteiger partial charge in [-0.3, -0.25) is 4.55 Å². The van der Waals surface area contributed by atoms with Gasteiger partial charge in [-0.15, -0.1) is 0 Å². The molecule has 0 bridgehead atoms. The van der Waals surface area contributed by atoms with Crippen LogP contribution in [-0.4, -0.2) is 107 Å². The summed E-state index contributed by atoms with van der Waals surface area (Å²) in [6.45, 7) is 9.50. The third-order valence-electron chi connectivity index (χ3n) is 3.32. The van der Waals surface area contributed by atoms with E-state index in [0.29, 0.717) is 10.9 Å². The van der Waals surface area contributed by atoms with Crippen LogP contribution in [0.15, 0.2) is 12.2 Å². The summed E-state index contributed by atoms with van der Waals surface area (Å²) in [5, 5.41) is 11.5. The van der Waals surface area contributed by atoms with Crippen molar-refractivity contribution in [1.29, 1.82) is 0 Å². The van der Waals surface area contributed by atoms with E-state index < -0.39 is 16.1 Å². The van der Waals surface area contributed by atoms with Crippen LogP contribution < -0.4 is 5.32 Å². The monoisotopic (exact) mass is 397 g/mol. The second-order valence-electron chi connectivity index (χ2n) is 8.35. The molecule has 156 valence electrons. The Morgan fingerprint density at radius 1 is 1.08 bits per heavy atom. The van der Waals surface area contributed by atoms with E-state index >= 15 is 0 Å². The van der Waals surface area contributed by atoms with Crippen molar-refractivity contribution in [1.82, 2.24) is 5.32 Å². The molecule has 0 aromatic carbocycles. The summed E-state index contributed by atoms with van der Waals surface area (Å²) in [6, 6.07) is 0. The van der Waals surface area contributed by atoms with Crippen molar-refractivity contribution in [2.75, 3.05) is 73.7 Å². The van der Waals surface area contributed by atoms with Gasteiger partial charge in [-0.05, 0) is 6.92 Å². The quantitative estimate of drug-likeness (QED) is 0.194. The van der Waals surface area contributed by atoms with Crippen LogP contribution in [0.5, 0.6) is 0 Å². The Labute approximate surface area is 159 Å². The topological polar surface area (TPSA) is 104 Å². The molecule has 0 aliphatic rings. The summed E-state index contributed by atoms with van der Waals surface area (Å²) in [7, 11) is 5.85. The van der Waals surface area contributed by atoms with Crippen molar-refractivity contribution in [3.63, 3.8) is 0 Å². The number of likely N-dealkylation sites (N-methyl/N-ethyl adjacent to an activating group) is 1. The summed E-state index contributed by atoms with van der Waals surface area (Å²) in [5.74, 6) is -0.903. The second kappa shape index (κ2) is 12.4. The molecule has 0 radical (unpaired) electrons. The maximum absolute atomic E-state index is 10.6. The van der Waals surface area contributed by atoms with Gasteiger partial charge in [-0.25, -0.2) is 4.79 Å². The molecule has 0 aliphatic carbocycles. The molecule has 0 fully saturated rings. The number of aliphatic carboxylic acids is 1. The van der Waals surface area contributed by atoms with E-state index in [1.54, 1.807) is 0 Å². The number of carboxylic acid groups (broad SMARTS) is 1. The van der Waals surface area contributed by atoms with Crippen LogP contribution >= 0.6 is 0 Å². The molecule has 0 aromatic rings. The van der Waals surface area contributed by atoms with E-state index in [1.165, 1.54) is 0 Å². The normalized spacial score (nSPS) is 12.3. The summed E-state index contributed by atoms with van der Waals surface area (Å²) in [4.78, 5) is 10.00. The van der Waals surface area contributed by atoms with Crippen LogP contribution in [0.25, 0.3) is 0 Å². The molecule has 0 aromatic heterocycles. The van der Waals surface area contributed by atoms with E-state index in [-0.39, 0.29) is 12.3 Å². The van der Waals surface area contributed by atoms with Crippen molar-refractivity contribution in [3.8, 4) is 0 Å². The Hall–Kier alpha value is -1.00. The van der Waals surface area contributed by atoms with Gasteiger partial charge in [0.15, 0.2) is 6.54 Å². The van der Waals surface area contributed by atoms with Gasteiger partial charge >= 0.3 is 5.97 Å². The minimum atomic E-state index is -3.82. The highest BCUT2D eigenvalue weighted by Crippen LogP contribution is 2.02. The molecule has 0 heterocycles. The van der Waals surface area contributed by atoms with Crippen molar-refractivity contribution >= 4 is 16.1 Å². The molecule has 3 N–H and O–H groups in total. The first-order chi connectivity index (χ1) is 11.5. The number of hydrogen-bond acceptors (Lipinski definition) is 4. The van der Waals surface area contributed by atoms with Gasteiger partial charge in [0.05, 0.1) is 54.1 Å². The molecule has 0 saturated carbocycles. The Kier molecular flexibility index (Phi) is 13.0. The van der Waals surface area contributed by atoms with Gasteiger partial charge in [0.1, 0.15) is 0 Å². The number of rotatable bonds is 12. The van der Waals surface area contributed by atoms with Crippen LogP contribution in [0.2, 0.25) is 0 Å². The van der Waals surface area contributed by atoms with Gasteiger partial charge in [0, 0.05) is 25.9 Å². The predicted molar refractivity (Wildman–Crippen MR) is 106 cm³/mol. The second-order valence-corrected chi connectivity index (χ2v) is 9.92. The van der Waals surface area contributed by atoms with E-state index in [9.17, 15) is 13.2 Å². The molecule has 0 spiro atoms. The molecule has 0 saturated heterocycles. The highest BCUT2D eigenvalue weighted by atomic mass is 32.2. The standard InChI is InChI=1S/C12H26N2O3S.C5H11NO2/c1-12(2)11-13-7-5-8-14(3,4)9-6-10-18(15,16)17;1-6(2,3)4-5(7)8/h13H,1,5-11H2,2-4H3;4H2,1-3H3/p+2. The van der Waals surface area contributed by atoms with Gasteiger partial charge in [0.2, 0.25) is 0 Å². The third-order valence-corrected chi connectivity index (χ3v) is 4.12. The SMILES string of the molecule is C=C(C)CNCCC[N+](C)(C)CCCS(=O)(=O)O.C[N+](C)(C)CC(=O)O. The van der Waals surface area contributed by atoms with E-state index in [2.05, 4.69) is 26.0 Å². The fraction of sp³-hybridized carbons (Fsp3) is 0.824. The summed E-state index contributed by atoms with van der Waals surface area (Å²) in [6.07, 6.45) is 1.52. The van der Waals surface area contributed by atoms with Gasteiger partial charge in [0.25, 0.3) is 10.1 Å². The van der Waals surface area contributed by atoms with Crippen LogP contribution in [0.4, 0.5) is 0 Å². The zero-order valence-corrected chi connectivity index (χ0v) is 18.1. The Balaban J connectivity index is 0. The summed E-state index contributed by atoms with van der Waals surface area (Å²) >= 11 is 0. The highest BCUT2D eigenvalue weighted by Gasteiger charge is 2.16. The minimum absolute atomic E-state index is 0.150. The fourth-order valence-electron chi connectivity index (χ4n) is 2.13. The van der Waals surface area contributed by atoms with Crippen LogP contribution in [0, 0.1) is 0 Å². The highest BCUT2D eigenvalue weighted by molar-refractivity contribution is 7.85. The first kappa shape index (κ1) is 27.2. The Bertz CT molecular complexity index is 525. The average molecular weight is 398 g/mol. The lowest BCUT2D eigenvalue weighted by molar-refractivity contribution is -0.890. The zero-order chi connectivity index (χ0) is 21.0. The third kappa shape index (κ3) is 25.2. The Morgan fingerprint density at radius 3 is 1.92 bits per heavy atom. The molecule has 8 nitrogen and oxygen atoms in total. The molecule has 0 unspecified atom stereocenters. The lowest BCUT2D eigenvalue weighted by Gasteiger charge is -2.29. The molecule has 9 heteroatoms. The first-order valence-corrected chi connectivity index (χ1v) is 10.3. The number of carbonyl (C=O) groups is 1. The number of nitrogens with zero attached hydrogens (tertiary/aromatic N) is 2. The summed E-state index contributed by atoms with van der Waals surface area (Å²) < 4.78 is 31.1. The number of quaternary nitrogens is 2. The van der Waals surface area contributed by atoms with Crippen molar-refractivity contribution in [3.05, 3.63) is 12.2 Å². The molecular formula is C17H39N3O5S+2. The van der Waals surface area contributed by atoms with Gasteiger partial charge in [-0.1, -0.05) is 12.2 Å². The zero-order valence-electron chi connectivity index (χ0n) is 17.3. The molecule has 0 atom stereocenters. The van der Waals surface area contributed by atoms with E-state index in [1.807, 2.05) is 28.1 Å². The number of hydrogen-bond donors (Lipinski definition) is 3. The largest absolute Gasteiger partial charge is 0.477 e. The van der Waals surface area contributed by atoms with Crippen LogP contribution in [0.1, 0.15) is 19.8 Å². The van der Waals surface area contributed by atoms with E-state index in [0.717, 1.165) is 42.7 Å². The average Bonchev–Trinajstić information content (AvgIpc) is 2.33. The van der Waals surface area contributed by atoms with E-state index in [4.69, 9.17) is 9.66 Å². The molecule has 0 aliphatic heterocycles. The number of nitrogens with one attached hydrogen (secondary N) is 1. The maximum Gasteiger partial charge on any atom is 0.359 e. The van der Waals surface area contributed by atoms with Crippen LogP contribution in [-0.2, 0) is 14.9 Å². The van der Waals surface area contributed by atoms with Gasteiger partial charge < -0.3 is 19.4 Å². The van der Waals surface area contributed by atoms with Crippen molar-refractivity contribution < 1.29 is 31.8 Å². The Morgan fingerprint density at radius 2 is 1.58 bits per heavy atom. The lowest BCUT2D eigenvalue weighted by Crippen LogP contribution is -2.42. The number of carboxylic acids is 1. The van der Waals surface area contributed by atoms with Gasteiger partial charge in [-0.2, -0.15) is 8.42 Å². The first-order valence-electron chi connectivity index (χ1n) is 8.68. The molecule has 0 rings (SSSR count). The fourth-order valence-corrected chi connectivity index (χ4v) is 2.62. The van der Waals surface area contributed by atoms with Crippen LogP contribution in [0.3, 0.4) is 0 Å². The molecule has 0 amide bonds. The predicted octanol–water partition coefficient (Wildman–Crippen LogP) is 0.674. The van der Waals surface area contributed by atoms with Crippen molar-refractivity contribution in [2.45, 2.75) is 19.8 Å².